The van der Waals surface area contributed by atoms with Gasteiger partial charge in [-0.15, -0.1) is 0 Å². The second-order valence-electron chi connectivity index (χ2n) is 4.37. The largest absolute Gasteiger partial charge is 0.380 e. The fraction of sp³-hybridized carbons (Fsp3) is 0.500. The fourth-order valence-corrected chi connectivity index (χ4v) is 1.88. The fourth-order valence-electron chi connectivity index (χ4n) is 1.88. The van der Waals surface area contributed by atoms with Crippen LogP contribution in [0.2, 0.25) is 0 Å². The monoisotopic (exact) mass is 278 g/mol. The predicted octanol–water partition coefficient (Wildman–Crippen LogP) is 1.99. The lowest BCUT2D eigenvalue weighted by atomic mass is 10.1. The van der Waals surface area contributed by atoms with Crippen molar-refractivity contribution in [1.82, 2.24) is 4.90 Å². The number of nitrogens with zero attached hydrogens (tertiary/aromatic N) is 1. The van der Waals surface area contributed by atoms with Gasteiger partial charge in [0.15, 0.2) is 0 Å². The first-order valence-corrected chi connectivity index (χ1v) is 6.98. The minimum Gasteiger partial charge on any atom is -0.380 e. The molecule has 2 N–H and O–H groups in total. The molecule has 1 aromatic rings. The molecule has 0 unspecified atom stereocenters. The first-order valence-electron chi connectivity index (χ1n) is 6.98. The highest BCUT2D eigenvalue weighted by atomic mass is 19.1. The van der Waals surface area contributed by atoms with Crippen molar-refractivity contribution in [2.24, 2.45) is 5.73 Å². The van der Waals surface area contributed by atoms with E-state index in [4.69, 9.17) is 10.5 Å². The van der Waals surface area contributed by atoms with Crippen LogP contribution in [-0.4, -0.2) is 37.7 Å². The van der Waals surface area contributed by atoms with Gasteiger partial charge in [0.25, 0.3) is 0 Å². The number of likely N-dealkylation sites (N-methyl/N-ethyl adjacent to an activating group) is 1. The van der Waals surface area contributed by atoms with Crippen LogP contribution in [0, 0.1) is 17.7 Å². The number of halogens is 1. The Balaban J connectivity index is 2.78. The van der Waals surface area contributed by atoms with Crippen LogP contribution in [-0.2, 0) is 11.3 Å². The van der Waals surface area contributed by atoms with Crippen LogP contribution in [0.25, 0.3) is 0 Å². The van der Waals surface area contributed by atoms with E-state index in [9.17, 15) is 4.39 Å². The molecule has 0 heterocycles. The third-order valence-corrected chi connectivity index (χ3v) is 2.99. The van der Waals surface area contributed by atoms with Crippen LogP contribution < -0.4 is 5.73 Å². The Bertz CT molecular complexity index is 465. The van der Waals surface area contributed by atoms with Crippen LogP contribution in [0.5, 0.6) is 0 Å². The Morgan fingerprint density at radius 2 is 2.15 bits per heavy atom. The van der Waals surface area contributed by atoms with Crippen LogP contribution >= 0.6 is 0 Å². The number of ether oxygens (including phenoxy) is 1. The van der Waals surface area contributed by atoms with Crippen LogP contribution in [0.3, 0.4) is 0 Å². The molecule has 3 nitrogen and oxygen atoms in total. The molecule has 0 saturated heterocycles. The molecular formula is C16H23FN2O. The summed E-state index contributed by atoms with van der Waals surface area (Å²) in [6, 6.07) is 4.73. The second kappa shape index (κ2) is 9.49. The zero-order valence-corrected chi connectivity index (χ0v) is 12.3. The molecule has 0 bridgehead atoms. The van der Waals surface area contributed by atoms with Gasteiger partial charge in [0, 0.05) is 25.3 Å². The third kappa shape index (κ3) is 5.70. The average molecular weight is 278 g/mol. The molecule has 1 aromatic carbocycles. The summed E-state index contributed by atoms with van der Waals surface area (Å²) in [5.74, 6) is 5.45. The van der Waals surface area contributed by atoms with E-state index in [1.165, 1.54) is 12.1 Å². The minimum absolute atomic E-state index is 0.271. The molecule has 110 valence electrons. The maximum Gasteiger partial charge on any atom is 0.124 e. The lowest BCUT2D eigenvalue weighted by Gasteiger charge is -2.21. The molecule has 0 aliphatic carbocycles. The first kappa shape index (κ1) is 16.6. The molecular weight excluding hydrogens is 255 g/mol. The number of rotatable bonds is 7. The number of nitrogens with two attached hydrogens (primary N) is 1. The molecule has 0 radical (unpaired) electrons. The van der Waals surface area contributed by atoms with Crippen molar-refractivity contribution in [3.8, 4) is 11.8 Å². The maximum absolute atomic E-state index is 13.3. The van der Waals surface area contributed by atoms with Crippen molar-refractivity contribution in [2.45, 2.75) is 20.4 Å². The van der Waals surface area contributed by atoms with Gasteiger partial charge in [0.1, 0.15) is 5.82 Å². The second-order valence-corrected chi connectivity index (χ2v) is 4.37. The summed E-state index contributed by atoms with van der Waals surface area (Å²) in [7, 11) is 0. The van der Waals surface area contributed by atoms with Gasteiger partial charge in [0.05, 0.1) is 13.2 Å². The molecule has 0 atom stereocenters. The summed E-state index contributed by atoms with van der Waals surface area (Å²) in [5, 5.41) is 0. The number of benzene rings is 1. The molecule has 0 saturated carbocycles. The molecule has 0 spiro atoms. The summed E-state index contributed by atoms with van der Waals surface area (Å²) in [5.41, 5.74) is 7.11. The van der Waals surface area contributed by atoms with Gasteiger partial charge in [-0.1, -0.05) is 24.8 Å². The first-order chi connectivity index (χ1) is 9.71. The van der Waals surface area contributed by atoms with Gasteiger partial charge < -0.3 is 10.5 Å². The summed E-state index contributed by atoms with van der Waals surface area (Å²) in [6.07, 6.45) is 0. The molecule has 0 aliphatic rings. The Labute approximate surface area is 120 Å². The van der Waals surface area contributed by atoms with Crippen LogP contribution in [0.15, 0.2) is 18.2 Å². The van der Waals surface area contributed by atoms with E-state index in [1.807, 2.05) is 6.92 Å². The highest BCUT2D eigenvalue weighted by molar-refractivity contribution is 5.41. The number of hydrogen-bond donors (Lipinski definition) is 1. The number of hydrogen-bond acceptors (Lipinski definition) is 3. The third-order valence-electron chi connectivity index (χ3n) is 2.99. The van der Waals surface area contributed by atoms with E-state index in [2.05, 4.69) is 23.7 Å². The van der Waals surface area contributed by atoms with Crippen LogP contribution in [0.4, 0.5) is 4.39 Å². The van der Waals surface area contributed by atoms with Crippen molar-refractivity contribution < 1.29 is 9.13 Å². The van der Waals surface area contributed by atoms with Crippen molar-refractivity contribution in [1.29, 1.82) is 0 Å². The van der Waals surface area contributed by atoms with Crippen molar-refractivity contribution in [3.63, 3.8) is 0 Å². The van der Waals surface area contributed by atoms with Crippen molar-refractivity contribution >= 4 is 0 Å². The van der Waals surface area contributed by atoms with Gasteiger partial charge in [-0.05, 0) is 31.2 Å². The predicted molar refractivity (Wildman–Crippen MR) is 79.8 cm³/mol. The van der Waals surface area contributed by atoms with Gasteiger partial charge in [-0.2, -0.15) is 0 Å². The summed E-state index contributed by atoms with van der Waals surface area (Å²) >= 11 is 0. The van der Waals surface area contributed by atoms with E-state index in [0.717, 1.165) is 31.8 Å². The van der Waals surface area contributed by atoms with E-state index in [1.54, 1.807) is 6.07 Å². The Hall–Kier alpha value is -1.41. The topological polar surface area (TPSA) is 38.5 Å². The molecule has 1 rings (SSSR count). The SMILES string of the molecule is CCOCCN(CC)Cc1ccc(F)cc1C#CCN. The van der Waals surface area contributed by atoms with Gasteiger partial charge in [-0.25, -0.2) is 4.39 Å². The van der Waals surface area contributed by atoms with Gasteiger partial charge in [-0.3, -0.25) is 4.90 Å². The summed E-state index contributed by atoms with van der Waals surface area (Å²) < 4.78 is 18.7. The van der Waals surface area contributed by atoms with Crippen molar-refractivity contribution in [2.75, 3.05) is 32.8 Å². The Kier molecular flexibility index (Phi) is 7.89. The Morgan fingerprint density at radius 1 is 1.35 bits per heavy atom. The van der Waals surface area contributed by atoms with E-state index in [0.29, 0.717) is 12.2 Å². The maximum atomic E-state index is 13.3. The zero-order chi connectivity index (χ0) is 14.8. The lowest BCUT2D eigenvalue weighted by Crippen LogP contribution is -2.27. The van der Waals surface area contributed by atoms with Crippen molar-refractivity contribution in [3.05, 3.63) is 35.1 Å². The minimum atomic E-state index is -0.271. The molecule has 20 heavy (non-hydrogen) atoms. The highest BCUT2D eigenvalue weighted by Gasteiger charge is 2.08. The average Bonchev–Trinajstić information content (AvgIpc) is 2.46. The molecule has 0 amide bonds. The normalized spacial score (nSPS) is 10.4. The smallest absolute Gasteiger partial charge is 0.124 e. The lowest BCUT2D eigenvalue weighted by molar-refractivity contribution is 0.113. The van der Waals surface area contributed by atoms with E-state index in [-0.39, 0.29) is 12.4 Å². The quantitative estimate of drug-likeness (QED) is 0.612. The van der Waals surface area contributed by atoms with E-state index < -0.39 is 0 Å². The zero-order valence-electron chi connectivity index (χ0n) is 12.3. The Morgan fingerprint density at radius 3 is 2.80 bits per heavy atom. The molecule has 0 aliphatic heterocycles. The molecule has 4 heteroatoms. The van der Waals surface area contributed by atoms with Gasteiger partial charge >= 0.3 is 0 Å². The van der Waals surface area contributed by atoms with Crippen LogP contribution in [0.1, 0.15) is 25.0 Å². The highest BCUT2D eigenvalue weighted by Crippen LogP contribution is 2.13. The van der Waals surface area contributed by atoms with E-state index >= 15 is 0 Å². The standard InChI is InChI=1S/C16H23FN2O/c1-3-19(10-11-20-4-2)13-15-7-8-16(17)12-14(15)6-5-9-18/h7-8,12H,3-4,9-11,13,18H2,1-2H3. The summed E-state index contributed by atoms with van der Waals surface area (Å²) in [6.45, 7) is 8.28. The van der Waals surface area contributed by atoms with Gasteiger partial charge in [0.2, 0.25) is 0 Å². The molecule has 0 aromatic heterocycles. The summed E-state index contributed by atoms with van der Waals surface area (Å²) in [4.78, 5) is 2.25. The molecule has 0 fully saturated rings.